The van der Waals surface area contributed by atoms with Crippen LogP contribution in [0, 0.1) is 0 Å². The molecule has 0 aromatic heterocycles. The quantitative estimate of drug-likeness (QED) is 0.749. The number of nitrogens with one attached hydrogen (secondary N) is 1. The number of anilines is 3. The average molecular weight is 418 g/mol. The molecule has 0 bridgehead atoms. The second-order valence-corrected chi connectivity index (χ2v) is 9.02. The standard InChI is InChI=1S/C21H27N3O4S/c1-16(24(29(3,26)27)19-10-12-20(28-2)13-11-19)21(25)22-17-6-8-18(9-7-17)23-14-4-5-15-23/h6-13,16H,4-5,14-15H2,1-3H3,(H,22,25). The second-order valence-electron chi connectivity index (χ2n) is 7.16. The van der Waals surface area contributed by atoms with Crippen molar-refractivity contribution in [2.75, 3.05) is 41.0 Å². The molecule has 1 saturated heterocycles. The summed E-state index contributed by atoms with van der Waals surface area (Å²) in [5.41, 5.74) is 2.16. The fourth-order valence-electron chi connectivity index (χ4n) is 3.52. The summed E-state index contributed by atoms with van der Waals surface area (Å²) in [4.78, 5) is 15.1. The van der Waals surface area contributed by atoms with Crippen molar-refractivity contribution >= 4 is 33.0 Å². The molecule has 1 fully saturated rings. The van der Waals surface area contributed by atoms with Crippen LogP contribution in [0.2, 0.25) is 0 Å². The van der Waals surface area contributed by atoms with Gasteiger partial charge in [0.25, 0.3) is 0 Å². The van der Waals surface area contributed by atoms with Gasteiger partial charge in [0.05, 0.1) is 19.1 Å². The lowest BCUT2D eigenvalue weighted by Gasteiger charge is -2.28. The first-order valence-corrected chi connectivity index (χ1v) is 11.4. The summed E-state index contributed by atoms with van der Waals surface area (Å²) in [5.74, 6) is 0.206. The van der Waals surface area contributed by atoms with Crippen LogP contribution in [0.15, 0.2) is 48.5 Å². The molecule has 1 aliphatic heterocycles. The van der Waals surface area contributed by atoms with E-state index < -0.39 is 22.0 Å². The summed E-state index contributed by atoms with van der Waals surface area (Å²) in [5, 5.41) is 2.82. The molecule has 0 saturated carbocycles. The van der Waals surface area contributed by atoms with Gasteiger partial charge in [0, 0.05) is 24.5 Å². The first-order valence-electron chi connectivity index (χ1n) is 9.59. The molecule has 7 nitrogen and oxygen atoms in total. The number of hydrogen-bond acceptors (Lipinski definition) is 5. The molecule has 1 heterocycles. The topological polar surface area (TPSA) is 79.0 Å². The Bertz CT molecular complexity index is 937. The molecule has 1 unspecified atom stereocenters. The van der Waals surface area contributed by atoms with Gasteiger partial charge in [-0.25, -0.2) is 8.42 Å². The van der Waals surface area contributed by atoms with Crippen molar-refractivity contribution < 1.29 is 17.9 Å². The largest absolute Gasteiger partial charge is 0.497 e. The maximum atomic E-state index is 12.8. The van der Waals surface area contributed by atoms with Crippen LogP contribution < -0.4 is 19.3 Å². The molecule has 1 aliphatic rings. The molecule has 2 aromatic carbocycles. The highest BCUT2D eigenvalue weighted by Gasteiger charge is 2.29. The predicted octanol–water partition coefficient (Wildman–Crippen LogP) is 3.09. The molecule has 156 valence electrons. The average Bonchev–Trinajstić information content (AvgIpc) is 3.23. The van der Waals surface area contributed by atoms with E-state index in [2.05, 4.69) is 10.2 Å². The highest BCUT2D eigenvalue weighted by molar-refractivity contribution is 7.92. The van der Waals surface area contributed by atoms with E-state index in [1.54, 1.807) is 31.2 Å². The van der Waals surface area contributed by atoms with E-state index in [9.17, 15) is 13.2 Å². The molecule has 8 heteroatoms. The van der Waals surface area contributed by atoms with Crippen molar-refractivity contribution in [2.24, 2.45) is 0 Å². The first-order chi connectivity index (χ1) is 13.8. The highest BCUT2D eigenvalue weighted by Crippen LogP contribution is 2.25. The van der Waals surface area contributed by atoms with E-state index in [-0.39, 0.29) is 0 Å². The van der Waals surface area contributed by atoms with Crippen molar-refractivity contribution in [1.82, 2.24) is 0 Å². The fraction of sp³-hybridized carbons (Fsp3) is 0.381. The smallest absolute Gasteiger partial charge is 0.247 e. The second kappa shape index (κ2) is 8.73. The third kappa shape index (κ3) is 5.00. The Morgan fingerprint density at radius 1 is 1.07 bits per heavy atom. The van der Waals surface area contributed by atoms with Crippen molar-refractivity contribution in [2.45, 2.75) is 25.8 Å². The van der Waals surface area contributed by atoms with E-state index in [1.807, 2.05) is 24.3 Å². The number of carbonyl (C=O) groups is 1. The van der Waals surface area contributed by atoms with Crippen molar-refractivity contribution in [3.63, 3.8) is 0 Å². The number of methoxy groups -OCH3 is 1. The van der Waals surface area contributed by atoms with Crippen LogP contribution in [0.3, 0.4) is 0 Å². The first kappa shape index (κ1) is 21.0. The Balaban J connectivity index is 1.75. The van der Waals surface area contributed by atoms with Gasteiger partial charge in [0.15, 0.2) is 0 Å². The molecule has 0 radical (unpaired) electrons. The Labute approximate surface area is 172 Å². The lowest BCUT2D eigenvalue weighted by atomic mass is 10.2. The summed E-state index contributed by atoms with van der Waals surface area (Å²) in [6.07, 6.45) is 3.48. The van der Waals surface area contributed by atoms with Crippen LogP contribution in [0.25, 0.3) is 0 Å². The number of benzene rings is 2. The molecule has 3 rings (SSSR count). The van der Waals surface area contributed by atoms with E-state index in [0.29, 0.717) is 17.1 Å². The minimum Gasteiger partial charge on any atom is -0.497 e. The van der Waals surface area contributed by atoms with Gasteiger partial charge in [-0.15, -0.1) is 0 Å². The SMILES string of the molecule is COc1ccc(N(C(C)C(=O)Nc2ccc(N3CCCC3)cc2)S(C)(=O)=O)cc1. The molecule has 1 atom stereocenters. The number of rotatable bonds is 7. The Hall–Kier alpha value is -2.74. The zero-order valence-corrected chi connectivity index (χ0v) is 17.8. The van der Waals surface area contributed by atoms with Gasteiger partial charge < -0.3 is 15.0 Å². The summed E-state index contributed by atoms with van der Waals surface area (Å²) in [6, 6.07) is 13.3. The summed E-state index contributed by atoms with van der Waals surface area (Å²) >= 11 is 0. The van der Waals surface area contributed by atoms with Crippen molar-refractivity contribution in [1.29, 1.82) is 0 Å². The van der Waals surface area contributed by atoms with Crippen LogP contribution in [0.1, 0.15) is 19.8 Å². The lowest BCUT2D eigenvalue weighted by molar-refractivity contribution is -0.116. The molecule has 1 N–H and O–H groups in total. The molecule has 29 heavy (non-hydrogen) atoms. The minimum absolute atomic E-state index is 0.403. The molecule has 0 spiro atoms. The maximum absolute atomic E-state index is 12.8. The molecular weight excluding hydrogens is 390 g/mol. The van der Waals surface area contributed by atoms with Crippen LogP contribution in [-0.2, 0) is 14.8 Å². The molecule has 1 amide bonds. The van der Waals surface area contributed by atoms with E-state index in [0.717, 1.165) is 29.3 Å². The van der Waals surface area contributed by atoms with E-state index >= 15 is 0 Å². The fourth-order valence-corrected chi connectivity index (χ4v) is 4.69. The van der Waals surface area contributed by atoms with Crippen LogP contribution >= 0.6 is 0 Å². The van der Waals surface area contributed by atoms with Crippen LogP contribution in [-0.4, -0.2) is 46.8 Å². The zero-order chi connectivity index (χ0) is 21.0. The van der Waals surface area contributed by atoms with Gasteiger partial charge >= 0.3 is 0 Å². The van der Waals surface area contributed by atoms with Crippen molar-refractivity contribution in [3.8, 4) is 5.75 Å². The number of nitrogens with zero attached hydrogens (tertiary/aromatic N) is 2. The van der Waals surface area contributed by atoms with Gasteiger partial charge in [-0.05, 0) is 68.3 Å². The van der Waals surface area contributed by atoms with Gasteiger partial charge in [-0.2, -0.15) is 0 Å². The zero-order valence-electron chi connectivity index (χ0n) is 17.0. The summed E-state index contributed by atoms with van der Waals surface area (Å²) < 4.78 is 31.0. The van der Waals surface area contributed by atoms with Crippen LogP contribution in [0.5, 0.6) is 5.75 Å². The third-order valence-electron chi connectivity index (χ3n) is 5.02. The maximum Gasteiger partial charge on any atom is 0.247 e. The highest BCUT2D eigenvalue weighted by atomic mass is 32.2. The number of carbonyl (C=O) groups excluding carboxylic acids is 1. The number of ether oxygens (including phenoxy) is 1. The normalized spacial score (nSPS) is 15.1. The number of hydrogen-bond donors (Lipinski definition) is 1. The lowest BCUT2D eigenvalue weighted by Crippen LogP contribution is -2.45. The van der Waals surface area contributed by atoms with Crippen LogP contribution in [0.4, 0.5) is 17.1 Å². The minimum atomic E-state index is -3.67. The molecule has 2 aromatic rings. The van der Waals surface area contributed by atoms with E-state index in [4.69, 9.17) is 4.74 Å². The molecule has 0 aliphatic carbocycles. The Kier molecular flexibility index (Phi) is 6.32. The third-order valence-corrected chi connectivity index (χ3v) is 6.26. The van der Waals surface area contributed by atoms with Gasteiger partial charge in [-0.1, -0.05) is 0 Å². The monoisotopic (exact) mass is 417 g/mol. The molecular formula is C21H27N3O4S. The predicted molar refractivity (Wildman–Crippen MR) is 116 cm³/mol. The van der Waals surface area contributed by atoms with Crippen molar-refractivity contribution in [3.05, 3.63) is 48.5 Å². The summed E-state index contributed by atoms with van der Waals surface area (Å²) in [7, 11) is -2.13. The Morgan fingerprint density at radius 2 is 1.66 bits per heavy atom. The Morgan fingerprint density at radius 3 is 2.17 bits per heavy atom. The van der Waals surface area contributed by atoms with Gasteiger partial charge in [0.1, 0.15) is 11.8 Å². The van der Waals surface area contributed by atoms with Gasteiger partial charge in [0.2, 0.25) is 15.9 Å². The summed E-state index contributed by atoms with van der Waals surface area (Å²) in [6.45, 7) is 3.67. The number of sulfonamides is 1. The van der Waals surface area contributed by atoms with E-state index in [1.165, 1.54) is 20.0 Å². The van der Waals surface area contributed by atoms with Gasteiger partial charge in [-0.3, -0.25) is 9.10 Å². The number of amides is 1.